The van der Waals surface area contributed by atoms with E-state index in [0.717, 1.165) is 6.04 Å². The number of methoxy groups -OCH3 is 1. The van der Waals surface area contributed by atoms with Gasteiger partial charge in [-0.3, -0.25) is 0 Å². The Morgan fingerprint density at radius 1 is 1.43 bits per heavy atom. The highest BCUT2D eigenvalue weighted by atomic mass is 35.5. The summed E-state index contributed by atoms with van der Waals surface area (Å²) in [5.74, 6) is -1.19. The molecular weight excluding hydrogens is 339 g/mol. The summed E-state index contributed by atoms with van der Waals surface area (Å²) in [6, 6.07) is 2.27. The van der Waals surface area contributed by atoms with Gasteiger partial charge < -0.3 is 14.0 Å². The largest absolute Gasteiger partial charge is 0.465 e. The maximum absolute atomic E-state index is 13.7. The zero-order valence-electron chi connectivity index (χ0n) is 13.7. The van der Waals surface area contributed by atoms with Crippen molar-refractivity contribution >= 4 is 36.7 Å². The maximum atomic E-state index is 13.7. The van der Waals surface area contributed by atoms with E-state index in [-0.39, 0.29) is 17.4 Å². The van der Waals surface area contributed by atoms with Crippen LogP contribution in [0.4, 0.5) is 4.39 Å². The third-order valence-corrected chi connectivity index (χ3v) is 5.36. The molecule has 0 amide bonds. The molecule has 2 aromatic rings. The molecule has 0 radical (unpaired) electrons. The first-order chi connectivity index (χ1) is 10.7. The van der Waals surface area contributed by atoms with Gasteiger partial charge in [-0.05, 0) is 6.04 Å². The molecule has 0 saturated heterocycles. The molecule has 0 aliphatic rings. The summed E-state index contributed by atoms with van der Waals surface area (Å²) in [7, 11) is 0.0968. The second-order valence-electron chi connectivity index (χ2n) is 6.48. The Balaban J connectivity index is 2.28. The van der Waals surface area contributed by atoms with Gasteiger partial charge in [0.05, 0.1) is 12.6 Å². The standard InChI is InChI=1S/C15H20ClFN2O3Si/c1-21-15(20)10-8-19(9-22-5-6-23(2,3)4)12-7-11(17)14(16)18-13(10)12/h7-8H,5-6,9H2,1-4H3. The SMILES string of the molecule is COC(=O)c1cn(COCC[Si](C)(C)C)c2cc(F)c(Cl)nc12. The number of rotatable bonds is 6. The molecule has 0 aliphatic heterocycles. The van der Waals surface area contributed by atoms with Gasteiger partial charge in [0, 0.05) is 26.9 Å². The number of esters is 1. The van der Waals surface area contributed by atoms with Crippen molar-refractivity contribution < 1.29 is 18.7 Å². The van der Waals surface area contributed by atoms with Crippen molar-refractivity contribution in [2.24, 2.45) is 0 Å². The van der Waals surface area contributed by atoms with E-state index in [1.165, 1.54) is 13.2 Å². The van der Waals surface area contributed by atoms with E-state index in [1.807, 2.05) is 0 Å². The molecule has 0 unspecified atom stereocenters. The molecule has 2 heterocycles. The summed E-state index contributed by atoms with van der Waals surface area (Å²) in [5, 5.41) is -0.278. The van der Waals surface area contributed by atoms with Gasteiger partial charge in [0.25, 0.3) is 0 Å². The van der Waals surface area contributed by atoms with Crippen LogP contribution < -0.4 is 0 Å². The van der Waals surface area contributed by atoms with Gasteiger partial charge in [0.15, 0.2) is 11.0 Å². The predicted octanol–water partition coefficient (Wildman–Crippen LogP) is 3.93. The molecule has 0 aromatic carbocycles. The molecule has 5 nitrogen and oxygen atoms in total. The van der Waals surface area contributed by atoms with Crippen LogP contribution in [0.3, 0.4) is 0 Å². The molecule has 0 N–H and O–H groups in total. The molecule has 23 heavy (non-hydrogen) atoms. The lowest BCUT2D eigenvalue weighted by Gasteiger charge is -2.15. The minimum atomic E-state index is -1.18. The Hall–Kier alpha value is -1.44. The third kappa shape index (κ3) is 4.30. The summed E-state index contributed by atoms with van der Waals surface area (Å²) < 4.78 is 25.7. The average molecular weight is 359 g/mol. The molecule has 0 spiro atoms. The number of nitrogens with zero attached hydrogens (tertiary/aromatic N) is 2. The zero-order chi connectivity index (χ0) is 17.2. The van der Waals surface area contributed by atoms with Gasteiger partial charge in [0.1, 0.15) is 17.8 Å². The molecule has 0 atom stereocenters. The summed E-state index contributed by atoms with van der Waals surface area (Å²) in [6.07, 6.45) is 1.55. The zero-order valence-corrected chi connectivity index (χ0v) is 15.4. The fraction of sp³-hybridized carbons (Fsp3) is 0.467. The lowest BCUT2D eigenvalue weighted by atomic mass is 10.2. The first-order valence-electron chi connectivity index (χ1n) is 7.24. The monoisotopic (exact) mass is 358 g/mol. The molecule has 0 aliphatic carbocycles. The quantitative estimate of drug-likeness (QED) is 0.340. The predicted molar refractivity (Wildman–Crippen MR) is 90.1 cm³/mol. The number of ether oxygens (including phenoxy) is 2. The van der Waals surface area contributed by atoms with Gasteiger partial charge in [-0.1, -0.05) is 31.2 Å². The highest BCUT2D eigenvalue weighted by Gasteiger charge is 2.19. The molecule has 0 saturated carbocycles. The Morgan fingerprint density at radius 3 is 2.74 bits per heavy atom. The van der Waals surface area contributed by atoms with Crippen molar-refractivity contribution in [3.63, 3.8) is 0 Å². The smallest absolute Gasteiger partial charge is 0.341 e. The number of hydrogen-bond acceptors (Lipinski definition) is 4. The minimum absolute atomic E-state index is 0.209. The topological polar surface area (TPSA) is 53.4 Å². The van der Waals surface area contributed by atoms with Gasteiger partial charge in [0.2, 0.25) is 0 Å². The van der Waals surface area contributed by atoms with Crippen LogP contribution >= 0.6 is 11.6 Å². The molecule has 0 fully saturated rings. The molecule has 8 heteroatoms. The summed E-state index contributed by atoms with van der Waals surface area (Å²) in [5.41, 5.74) is 0.982. The van der Waals surface area contributed by atoms with E-state index >= 15 is 0 Å². The Labute approximate surface area is 140 Å². The van der Waals surface area contributed by atoms with Crippen LogP contribution in [0.15, 0.2) is 12.3 Å². The summed E-state index contributed by atoms with van der Waals surface area (Å²) >= 11 is 5.72. The Bertz CT molecular complexity index is 728. The molecule has 2 aromatic heterocycles. The van der Waals surface area contributed by atoms with Crippen LogP contribution in [-0.4, -0.2) is 37.3 Å². The van der Waals surface area contributed by atoms with Gasteiger partial charge in [-0.25, -0.2) is 14.2 Å². The van der Waals surface area contributed by atoms with E-state index in [1.54, 1.807) is 10.8 Å². The average Bonchev–Trinajstić information content (AvgIpc) is 2.80. The van der Waals surface area contributed by atoms with Crippen molar-refractivity contribution in [2.45, 2.75) is 32.4 Å². The minimum Gasteiger partial charge on any atom is -0.465 e. The summed E-state index contributed by atoms with van der Waals surface area (Å²) in [4.78, 5) is 15.8. The molecular formula is C15H20ClFN2O3Si. The number of fused-ring (bicyclic) bond motifs is 1. The lowest BCUT2D eigenvalue weighted by Crippen LogP contribution is -2.22. The summed E-state index contributed by atoms with van der Waals surface area (Å²) in [6.45, 7) is 7.61. The Morgan fingerprint density at radius 2 is 2.13 bits per heavy atom. The van der Waals surface area contributed by atoms with Crippen molar-refractivity contribution in [2.75, 3.05) is 13.7 Å². The Kier molecular flexibility index (Phi) is 5.44. The van der Waals surface area contributed by atoms with E-state index in [9.17, 15) is 9.18 Å². The van der Waals surface area contributed by atoms with Crippen LogP contribution in [0.25, 0.3) is 11.0 Å². The van der Waals surface area contributed by atoms with Crippen molar-refractivity contribution in [3.05, 3.63) is 28.8 Å². The molecule has 2 rings (SSSR count). The number of hydrogen-bond donors (Lipinski definition) is 0. The maximum Gasteiger partial charge on any atom is 0.341 e. The third-order valence-electron chi connectivity index (χ3n) is 3.39. The first-order valence-corrected chi connectivity index (χ1v) is 11.3. The second kappa shape index (κ2) is 6.98. The van der Waals surface area contributed by atoms with Crippen LogP contribution in [-0.2, 0) is 16.2 Å². The van der Waals surface area contributed by atoms with Gasteiger partial charge >= 0.3 is 5.97 Å². The van der Waals surface area contributed by atoms with E-state index < -0.39 is 19.9 Å². The van der Waals surface area contributed by atoms with Gasteiger partial charge in [-0.15, -0.1) is 0 Å². The second-order valence-corrected chi connectivity index (χ2v) is 12.5. The normalized spacial score (nSPS) is 11.9. The number of aromatic nitrogens is 2. The van der Waals surface area contributed by atoms with Gasteiger partial charge in [-0.2, -0.15) is 0 Å². The van der Waals surface area contributed by atoms with Crippen LogP contribution in [0.1, 0.15) is 10.4 Å². The fourth-order valence-corrected chi connectivity index (χ4v) is 2.96. The number of halogens is 2. The highest BCUT2D eigenvalue weighted by molar-refractivity contribution is 6.76. The van der Waals surface area contributed by atoms with Crippen molar-refractivity contribution in [1.29, 1.82) is 0 Å². The van der Waals surface area contributed by atoms with E-state index in [2.05, 4.69) is 24.6 Å². The lowest BCUT2D eigenvalue weighted by molar-refractivity contribution is 0.0600. The molecule has 0 bridgehead atoms. The van der Waals surface area contributed by atoms with Crippen molar-refractivity contribution in [1.82, 2.24) is 9.55 Å². The number of carbonyl (C=O) groups is 1. The van der Waals surface area contributed by atoms with Crippen LogP contribution in [0.5, 0.6) is 0 Å². The van der Waals surface area contributed by atoms with E-state index in [0.29, 0.717) is 17.6 Å². The first kappa shape index (κ1) is 17.9. The molecule has 126 valence electrons. The van der Waals surface area contributed by atoms with Crippen LogP contribution in [0.2, 0.25) is 30.8 Å². The van der Waals surface area contributed by atoms with Crippen molar-refractivity contribution in [3.8, 4) is 0 Å². The number of carbonyl (C=O) groups excluding carboxylic acids is 1. The fourth-order valence-electron chi connectivity index (χ4n) is 2.07. The highest BCUT2D eigenvalue weighted by Crippen LogP contribution is 2.25. The van der Waals surface area contributed by atoms with Crippen LogP contribution in [0, 0.1) is 5.82 Å². The van der Waals surface area contributed by atoms with E-state index in [4.69, 9.17) is 21.1 Å². The number of pyridine rings is 1.